The van der Waals surface area contributed by atoms with Crippen LogP contribution in [0.15, 0.2) is 30.6 Å². The van der Waals surface area contributed by atoms with E-state index in [1.54, 1.807) is 19.2 Å². The zero-order chi connectivity index (χ0) is 18.6. The smallest absolute Gasteiger partial charge is 0.417 e. The van der Waals surface area contributed by atoms with E-state index in [0.717, 1.165) is 12.3 Å². The van der Waals surface area contributed by atoms with Crippen LogP contribution in [-0.4, -0.2) is 27.3 Å². The number of halogens is 3. The number of pyridine rings is 1. The van der Waals surface area contributed by atoms with Gasteiger partial charge >= 0.3 is 12.1 Å². The van der Waals surface area contributed by atoms with E-state index in [1.165, 1.54) is 16.8 Å². The molecule has 8 heteroatoms. The Morgan fingerprint density at radius 2 is 2.08 bits per heavy atom. The summed E-state index contributed by atoms with van der Waals surface area (Å²) < 4.78 is 44.1. The summed E-state index contributed by atoms with van der Waals surface area (Å²) in [6.45, 7) is 5.83. The molecule has 0 saturated carbocycles. The number of aromatic nitrogens is 3. The van der Waals surface area contributed by atoms with Gasteiger partial charge in [0.05, 0.1) is 17.9 Å². The van der Waals surface area contributed by atoms with Gasteiger partial charge in [-0.1, -0.05) is 13.8 Å². The third-order valence-electron chi connectivity index (χ3n) is 3.31. The Kier molecular flexibility index (Phi) is 5.61. The molecule has 0 unspecified atom stereocenters. The molecule has 0 N–H and O–H groups in total. The van der Waals surface area contributed by atoms with E-state index in [0.29, 0.717) is 11.3 Å². The quantitative estimate of drug-likeness (QED) is 0.602. The Labute approximate surface area is 143 Å². The fourth-order valence-corrected chi connectivity index (χ4v) is 2.13. The van der Waals surface area contributed by atoms with Crippen molar-refractivity contribution in [3.05, 3.63) is 47.4 Å². The van der Waals surface area contributed by atoms with Crippen LogP contribution in [0.3, 0.4) is 0 Å². The maximum Gasteiger partial charge on any atom is 0.417 e. The number of carbonyl (C=O) groups excluding carboxylic acids is 1. The molecule has 0 spiro atoms. The molecule has 0 atom stereocenters. The van der Waals surface area contributed by atoms with Gasteiger partial charge in [0.25, 0.3) is 0 Å². The predicted octanol–water partition coefficient (Wildman–Crippen LogP) is 3.99. The van der Waals surface area contributed by atoms with Crippen molar-refractivity contribution in [2.24, 2.45) is 0 Å². The molecule has 134 valence electrons. The highest BCUT2D eigenvalue weighted by atomic mass is 19.4. The van der Waals surface area contributed by atoms with Crippen LogP contribution in [0.5, 0.6) is 0 Å². The summed E-state index contributed by atoms with van der Waals surface area (Å²) in [5.74, 6) is -0.166. The molecule has 2 heterocycles. The van der Waals surface area contributed by atoms with Crippen molar-refractivity contribution in [1.29, 1.82) is 0 Å². The summed E-state index contributed by atoms with van der Waals surface area (Å²) in [5.41, 5.74) is 0.543. The SMILES string of the molecule is CCOC(=O)C=Cc1cn(-c2ccc(C(F)(F)F)cn2)nc1C(C)C. The van der Waals surface area contributed by atoms with E-state index in [2.05, 4.69) is 10.1 Å². The monoisotopic (exact) mass is 353 g/mol. The van der Waals surface area contributed by atoms with Gasteiger partial charge in [-0.2, -0.15) is 18.3 Å². The number of nitrogens with zero attached hydrogens (tertiary/aromatic N) is 3. The van der Waals surface area contributed by atoms with Crippen LogP contribution in [0.2, 0.25) is 0 Å². The maximum atomic E-state index is 12.6. The van der Waals surface area contributed by atoms with E-state index in [-0.39, 0.29) is 18.3 Å². The molecule has 0 aliphatic heterocycles. The molecule has 0 aromatic carbocycles. The lowest BCUT2D eigenvalue weighted by Gasteiger charge is -2.06. The molecule has 25 heavy (non-hydrogen) atoms. The first-order chi connectivity index (χ1) is 11.7. The number of esters is 1. The number of alkyl halides is 3. The molecule has 0 amide bonds. The van der Waals surface area contributed by atoms with Crippen LogP contribution in [0.4, 0.5) is 13.2 Å². The normalized spacial score (nSPS) is 12.1. The summed E-state index contributed by atoms with van der Waals surface area (Å²) in [5, 5.41) is 4.37. The van der Waals surface area contributed by atoms with Crippen LogP contribution >= 0.6 is 0 Å². The molecule has 0 saturated heterocycles. The second-order valence-electron chi connectivity index (χ2n) is 5.56. The summed E-state index contributed by atoms with van der Waals surface area (Å²) in [6.07, 6.45) is 0.797. The Morgan fingerprint density at radius 1 is 1.36 bits per heavy atom. The fraction of sp³-hybridized carbons (Fsp3) is 0.353. The standard InChI is InChI=1S/C17H18F3N3O2/c1-4-25-15(24)8-5-12-10-23(22-16(12)11(2)3)14-7-6-13(9-21-14)17(18,19)20/h5-11H,4H2,1-3H3. The van der Waals surface area contributed by atoms with Crippen molar-refractivity contribution < 1.29 is 22.7 Å². The zero-order valence-electron chi connectivity index (χ0n) is 14.0. The van der Waals surface area contributed by atoms with Gasteiger partial charge in [-0.3, -0.25) is 0 Å². The van der Waals surface area contributed by atoms with E-state index in [9.17, 15) is 18.0 Å². The molecule has 2 rings (SSSR count). The largest absolute Gasteiger partial charge is 0.463 e. The zero-order valence-corrected chi connectivity index (χ0v) is 14.0. The highest BCUT2D eigenvalue weighted by molar-refractivity contribution is 5.87. The molecular formula is C17H18F3N3O2. The topological polar surface area (TPSA) is 57.0 Å². The second kappa shape index (κ2) is 7.50. The van der Waals surface area contributed by atoms with Gasteiger partial charge < -0.3 is 4.74 Å². The van der Waals surface area contributed by atoms with Gasteiger partial charge in [-0.25, -0.2) is 14.5 Å². The van der Waals surface area contributed by atoms with Crippen LogP contribution in [0, 0.1) is 0 Å². The van der Waals surface area contributed by atoms with Crippen molar-refractivity contribution in [1.82, 2.24) is 14.8 Å². The molecule has 0 radical (unpaired) electrons. The van der Waals surface area contributed by atoms with E-state index >= 15 is 0 Å². The van der Waals surface area contributed by atoms with Gasteiger partial charge in [-0.15, -0.1) is 0 Å². The first-order valence-electron chi connectivity index (χ1n) is 7.70. The van der Waals surface area contributed by atoms with Crippen molar-refractivity contribution in [3.63, 3.8) is 0 Å². The molecule has 2 aromatic heterocycles. The summed E-state index contributed by atoms with van der Waals surface area (Å²) in [4.78, 5) is 15.3. The molecule has 0 fully saturated rings. The molecule has 0 bridgehead atoms. The van der Waals surface area contributed by atoms with Gasteiger partial charge in [0.2, 0.25) is 0 Å². The van der Waals surface area contributed by atoms with Crippen LogP contribution < -0.4 is 0 Å². The molecule has 2 aromatic rings. The van der Waals surface area contributed by atoms with Crippen molar-refractivity contribution in [3.8, 4) is 5.82 Å². The minimum Gasteiger partial charge on any atom is -0.463 e. The predicted molar refractivity (Wildman–Crippen MR) is 86.1 cm³/mol. The van der Waals surface area contributed by atoms with Crippen molar-refractivity contribution in [2.45, 2.75) is 32.9 Å². The second-order valence-corrected chi connectivity index (χ2v) is 5.56. The van der Waals surface area contributed by atoms with E-state index in [4.69, 9.17) is 4.74 Å². The first kappa shape index (κ1) is 18.7. The third kappa shape index (κ3) is 4.68. The van der Waals surface area contributed by atoms with Crippen LogP contribution in [0.25, 0.3) is 11.9 Å². The minimum absolute atomic E-state index is 0.0533. The highest BCUT2D eigenvalue weighted by Crippen LogP contribution is 2.29. The summed E-state index contributed by atoms with van der Waals surface area (Å²) >= 11 is 0. The summed E-state index contributed by atoms with van der Waals surface area (Å²) in [6, 6.07) is 2.20. The van der Waals surface area contributed by atoms with Crippen LogP contribution in [0.1, 0.15) is 43.5 Å². The van der Waals surface area contributed by atoms with Gasteiger partial charge in [0, 0.05) is 24.0 Å². The van der Waals surface area contributed by atoms with Gasteiger partial charge in [0.15, 0.2) is 5.82 Å². The molecule has 5 nitrogen and oxygen atoms in total. The molecule has 0 aliphatic carbocycles. The maximum absolute atomic E-state index is 12.6. The number of ether oxygens (including phenoxy) is 1. The van der Waals surface area contributed by atoms with Crippen molar-refractivity contribution >= 4 is 12.0 Å². The highest BCUT2D eigenvalue weighted by Gasteiger charge is 2.30. The van der Waals surface area contributed by atoms with Gasteiger partial charge in [0.1, 0.15) is 0 Å². The van der Waals surface area contributed by atoms with Gasteiger partial charge in [-0.05, 0) is 31.1 Å². The molecular weight excluding hydrogens is 335 g/mol. The molecule has 0 aliphatic rings. The Hall–Kier alpha value is -2.64. The first-order valence-corrected chi connectivity index (χ1v) is 7.70. The Balaban J connectivity index is 2.33. The summed E-state index contributed by atoms with van der Waals surface area (Å²) in [7, 11) is 0. The lowest BCUT2D eigenvalue weighted by molar-refractivity contribution is -0.138. The van der Waals surface area contributed by atoms with Crippen molar-refractivity contribution in [2.75, 3.05) is 6.61 Å². The minimum atomic E-state index is -4.44. The number of hydrogen-bond donors (Lipinski definition) is 0. The Morgan fingerprint density at radius 3 is 2.60 bits per heavy atom. The fourth-order valence-electron chi connectivity index (χ4n) is 2.13. The van der Waals surface area contributed by atoms with Crippen LogP contribution in [-0.2, 0) is 15.7 Å². The Bertz CT molecular complexity index is 762. The number of rotatable bonds is 5. The van der Waals surface area contributed by atoms with E-state index in [1.807, 2.05) is 13.8 Å². The average Bonchev–Trinajstić information content (AvgIpc) is 2.97. The third-order valence-corrected chi connectivity index (χ3v) is 3.31. The lowest BCUT2D eigenvalue weighted by Crippen LogP contribution is -2.07. The lowest BCUT2D eigenvalue weighted by atomic mass is 10.1. The number of carbonyl (C=O) groups is 1. The number of hydrogen-bond acceptors (Lipinski definition) is 4. The van der Waals surface area contributed by atoms with E-state index < -0.39 is 17.7 Å². The average molecular weight is 353 g/mol.